The summed E-state index contributed by atoms with van der Waals surface area (Å²) in [5.74, 6) is 5.72. The van der Waals surface area contributed by atoms with Crippen molar-refractivity contribution in [2.45, 2.75) is 26.2 Å². The first-order valence-electron chi connectivity index (χ1n) is 6.31. The van der Waals surface area contributed by atoms with Gasteiger partial charge in [0.2, 0.25) is 0 Å². The molecule has 0 aromatic carbocycles. The minimum Gasteiger partial charge on any atom is -0.424 e. The van der Waals surface area contributed by atoms with Crippen molar-refractivity contribution in [3.8, 4) is 11.8 Å². The van der Waals surface area contributed by atoms with E-state index in [2.05, 4.69) is 42.9 Å². The number of carbonyl (C=O) groups excluding carboxylic acids is 1. The molecule has 110 valence electrons. The van der Waals surface area contributed by atoms with Gasteiger partial charge in [-0.1, -0.05) is 38.3 Å². The van der Waals surface area contributed by atoms with Crippen molar-refractivity contribution < 1.29 is 9.21 Å². The molecular formula is C15H15ClN2O2S. The minimum absolute atomic E-state index is 0.00593. The molecule has 0 aliphatic rings. The van der Waals surface area contributed by atoms with Crippen molar-refractivity contribution in [2.75, 3.05) is 7.05 Å². The van der Waals surface area contributed by atoms with Gasteiger partial charge in [0.25, 0.3) is 5.89 Å². The molecule has 0 aliphatic heterocycles. The fourth-order valence-electron chi connectivity index (χ4n) is 1.50. The molecule has 0 radical (unpaired) electrons. The molecule has 1 amide bonds. The maximum absolute atomic E-state index is 11.3. The van der Waals surface area contributed by atoms with E-state index in [0.717, 1.165) is 5.56 Å². The average molecular weight is 323 g/mol. The van der Waals surface area contributed by atoms with Gasteiger partial charge in [-0.05, 0) is 17.4 Å². The Hall–Kier alpha value is -1.77. The molecule has 6 heteroatoms. The summed E-state index contributed by atoms with van der Waals surface area (Å²) in [4.78, 5) is 16.4. The second kappa shape index (κ2) is 5.92. The number of thiophene rings is 1. The number of rotatable bonds is 1. The highest BCUT2D eigenvalue weighted by molar-refractivity contribution is 7.16. The number of amides is 1. The van der Waals surface area contributed by atoms with Crippen molar-refractivity contribution in [3.05, 3.63) is 38.7 Å². The molecular weight excluding hydrogens is 308 g/mol. The highest BCUT2D eigenvalue weighted by Gasteiger charge is 2.18. The van der Waals surface area contributed by atoms with Crippen LogP contribution in [0.4, 0.5) is 0 Å². The summed E-state index contributed by atoms with van der Waals surface area (Å²) in [6, 6.07) is 1.98. The van der Waals surface area contributed by atoms with Gasteiger partial charge in [-0.2, -0.15) is 0 Å². The zero-order chi connectivity index (χ0) is 15.6. The van der Waals surface area contributed by atoms with Crippen LogP contribution in [0, 0.1) is 11.8 Å². The highest BCUT2D eigenvalue weighted by Crippen LogP contribution is 2.35. The van der Waals surface area contributed by atoms with E-state index < -0.39 is 0 Å². The van der Waals surface area contributed by atoms with Gasteiger partial charge in [-0.15, -0.1) is 11.3 Å². The van der Waals surface area contributed by atoms with E-state index in [0.29, 0.717) is 10.1 Å². The molecule has 2 aromatic rings. The quantitative estimate of drug-likeness (QED) is 0.818. The van der Waals surface area contributed by atoms with Gasteiger partial charge in [0.1, 0.15) is 4.34 Å². The average Bonchev–Trinajstić information content (AvgIpc) is 3.01. The predicted octanol–water partition coefficient (Wildman–Crippen LogP) is 3.45. The first-order chi connectivity index (χ1) is 9.81. The molecule has 0 saturated heterocycles. The third kappa shape index (κ3) is 3.66. The summed E-state index contributed by atoms with van der Waals surface area (Å²) in [6.45, 7) is 6.37. The summed E-state index contributed by atoms with van der Waals surface area (Å²) in [6.07, 6.45) is 1.42. The Bertz CT molecular complexity index is 729. The van der Waals surface area contributed by atoms with Crippen LogP contribution in [-0.2, 0) is 5.41 Å². The normalized spacial score (nSPS) is 10.9. The predicted molar refractivity (Wildman–Crippen MR) is 83.9 cm³/mol. The maximum Gasteiger partial charge on any atom is 0.306 e. The van der Waals surface area contributed by atoms with Gasteiger partial charge >= 0.3 is 5.91 Å². The molecule has 1 N–H and O–H groups in total. The smallest absolute Gasteiger partial charge is 0.306 e. The van der Waals surface area contributed by atoms with Crippen molar-refractivity contribution >= 4 is 28.8 Å². The van der Waals surface area contributed by atoms with Crippen LogP contribution < -0.4 is 5.32 Å². The number of hydrogen-bond donors (Lipinski definition) is 1. The van der Waals surface area contributed by atoms with E-state index in [1.807, 2.05) is 6.07 Å². The SMILES string of the molecule is CNC(=O)c1ncc(C#Cc2cc(C(C)(C)C)sc2Cl)o1. The third-order valence-electron chi connectivity index (χ3n) is 2.67. The van der Waals surface area contributed by atoms with Crippen molar-refractivity contribution in [3.63, 3.8) is 0 Å². The number of nitrogens with one attached hydrogen (secondary N) is 1. The van der Waals surface area contributed by atoms with Gasteiger partial charge < -0.3 is 9.73 Å². The van der Waals surface area contributed by atoms with Crippen LogP contribution in [0.1, 0.15) is 47.7 Å². The molecule has 21 heavy (non-hydrogen) atoms. The van der Waals surface area contributed by atoms with E-state index in [-0.39, 0.29) is 17.2 Å². The van der Waals surface area contributed by atoms with Crippen molar-refractivity contribution in [2.24, 2.45) is 0 Å². The lowest BCUT2D eigenvalue weighted by molar-refractivity contribution is 0.0928. The van der Waals surface area contributed by atoms with Crippen LogP contribution >= 0.6 is 22.9 Å². The fraction of sp³-hybridized carbons (Fsp3) is 0.333. The van der Waals surface area contributed by atoms with E-state index in [4.69, 9.17) is 16.0 Å². The molecule has 2 heterocycles. The number of oxazole rings is 1. The molecule has 0 aliphatic carbocycles. The Morgan fingerprint density at radius 1 is 1.43 bits per heavy atom. The Labute approximate surface area is 132 Å². The fourth-order valence-corrected chi connectivity index (χ4v) is 2.74. The molecule has 0 fully saturated rings. The van der Waals surface area contributed by atoms with Crippen LogP contribution in [0.25, 0.3) is 0 Å². The molecule has 0 bridgehead atoms. The van der Waals surface area contributed by atoms with E-state index in [1.165, 1.54) is 29.5 Å². The van der Waals surface area contributed by atoms with Crippen LogP contribution in [0.2, 0.25) is 4.34 Å². The minimum atomic E-state index is -0.383. The highest BCUT2D eigenvalue weighted by atomic mass is 35.5. The first-order valence-corrected chi connectivity index (χ1v) is 7.50. The topological polar surface area (TPSA) is 55.1 Å². The van der Waals surface area contributed by atoms with Gasteiger partial charge in [0.15, 0.2) is 5.76 Å². The Morgan fingerprint density at radius 2 is 2.14 bits per heavy atom. The molecule has 0 spiro atoms. The van der Waals surface area contributed by atoms with Crippen LogP contribution in [0.3, 0.4) is 0 Å². The second-order valence-electron chi connectivity index (χ2n) is 5.41. The number of halogens is 1. The number of hydrogen-bond acceptors (Lipinski definition) is 4. The standard InChI is InChI=1S/C15H15ClN2O2S/c1-15(2,3)11-7-9(12(16)21-11)5-6-10-8-18-14(20-10)13(19)17-4/h7-8H,1-4H3,(H,17,19). The van der Waals surface area contributed by atoms with E-state index in [9.17, 15) is 4.79 Å². The van der Waals surface area contributed by atoms with Gasteiger partial charge in [-0.3, -0.25) is 4.79 Å². The van der Waals surface area contributed by atoms with Crippen LogP contribution in [0.5, 0.6) is 0 Å². The second-order valence-corrected chi connectivity index (χ2v) is 7.06. The number of aromatic nitrogens is 1. The van der Waals surface area contributed by atoms with Crippen LogP contribution in [0.15, 0.2) is 16.7 Å². The van der Waals surface area contributed by atoms with Crippen molar-refractivity contribution in [1.29, 1.82) is 0 Å². The van der Waals surface area contributed by atoms with E-state index in [1.54, 1.807) is 0 Å². The third-order valence-corrected chi connectivity index (χ3v) is 4.46. The maximum atomic E-state index is 11.3. The molecule has 0 atom stereocenters. The van der Waals surface area contributed by atoms with Gasteiger partial charge in [-0.25, -0.2) is 4.98 Å². The number of carbonyl (C=O) groups is 1. The summed E-state index contributed by atoms with van der Waals surface area (Å²) in [5.41, 5.74) is 0.789. The molecule has 4 nitrogen and oxygen atoms in total. The first kappa shape index (κ1) is 15.6. The lowest BCUT2D eigenvalue weighted by atomic mass is 9.94. The molecule has 0 saturated carbocycles. The number of nitrogens with zero attached hydrogens (tertiary/aromatic N) is 1. The Morgan fingerprint density at radius 3 is 2.71 bits per heavy atom. The summed E-state index contributed by atoms with van der Waals surface area (Å²) in [5, 5.41) is 2.43. The van der Waals surface area contributed by atoms with Crippen molar-refractivity contribution in [1.82, 2.24) is 10.3 Å². The Balaban J connectivity index is 2.25. The van der Waals surface area contributed by atoms with Gasteiger partial charge in [0.05, 0.1) is 11.8 Å². The monoisotopic (exact) mass is 322 g/mol. The molecule has 2 aromatic heterocycles. The summed E-state index contributed by atoms with van der Waals surface area (Å²) in [7, 11) is 1.51. The van der Waals surface area contributed by atoms with E-state index >= 15 is 0 Å². The van der Waals surface area contributed by atoms with Gasteiger partial charge in [0, 0.05) is 11.9 Å². The van der Waals surface area contributed by atoms with Crippen LogP contribution in [-0.4, -0.2) is 17.9 Å². The zero-order valence-corrected chi connectivity index (χ0v) is 13.8. The summed E-state index contributed by atoms with van der Waals surface area (Å²) >= 11 is 7.72. The largest absolute Gasteiger partial charge is 0.424 e. The Kier molecular flexibility index (Phi) is 4.40. The lowest BCUT2D eigenvalue weighted by Crippen LogP contribution is -2.17. The molecule has 0 unspecified atom stereocenters. The molecule has 2 rings (SSSR count). The lowest BCUT2D eigenvalue weighted by Gasteiger charge is -2.14. The zero-order valence-electron chi connectivity index (χ0n) is 12.2. The summed E-state index contributed by atoms with van der Waals surface area (Å²) < 4.78 is 5.89.